The molecule has 2 aromatic heterocycles. The third-order valence-electron chi connectivity index (χ3n) is 6.33. The summed E-state index contributed by atoms with van der Waals surface area (Å²) in [6.45, 7) is 8.19. The first-order chi connectivity index (χ1) is 15.7. The molecule has 0 saturated heterocycles. The van der Waals surface area contributed by atoms with Crippen molar-refractivity contribution >= 4 is 40.5 Å². The van der Waals surface area contributed by atoms with Crippen LogP contribution in [0.4, 0.5) is 0 Å². The minimum Gasteiger partial charge on any atom is -0.437 e. The van der Waals surface area contributed by atoms with E-state index in [1.165, 1.54) is 11.6 Å². The van der Waals surface area contributed by atoms with Crippen LogP contribution in [0.1, 0.15) is 55.7 Å². The van der Waals surface area contributed by atoms with E-state index in [4.69, 9.17) is 21.0 Å². The Morgan fingerprint density at radius 2 is 1.64 bits per heavy atom. The maximum Gasteiger partial charge on any atom is 0.245 e. The molecule has 0 bridgehead atoms. The zero-order valence-corrected chi connectivity index (χ0v) is 19.9. The highest BCUT2D eigenvalue weighted by molar-refractivity contribution is 6.42. The summed E-state index contributed by atoms with van der Waals surface area (Å²) in [5.74, 6) is 0.597. The molecule has 33 heavy (non-hydrogen) atoms. The lowest BCUT2D eigenvalue weighted by Crippen LogP contribution is -2.00. The Kier molecular flexibility index (Phi) is 4.91. The summed E-state index contributed by atoms with van der Waals surface area (Å²) in [5.41, 5.74) is 7.51. The normalized spacial score (nSPS) is 14.7. The van der Waals surface area contributed by atoms with Crippen LogP contribution in [0.2, 0.25) is 5.02 Å². The summed E-state index contributed by atoms with van der Waals surface area (Å²) in [4.78, 5) is 30.6. The van der Waals surface area contributed by atoms with Crippen molar-refractivity contribution in [1.82, 2.24) is 9.55 Å². The van der Waals surface area contributed by atoms with E-state index in [2.05, 4.69) is 32.9 Å². The number of imidazole rings is 1. The third kappa shape index (κ3) is 3.26. The van der Waals surface area contributed by atoms with Gasteiger partial charge in [0, 0.05) is 34.8 Å². The summed E-state index contributed by atoms with van der Waals surface area (Å²) in [6.07, 6.45) is 2.19. The Morgan fingerprint density at radius 3 is 2.24 bits per heavy atom. The van der Waals surface area contributed by atoms with Crippen molar-refractivity contribution in [2.75, 3.05) is 0 Å². The SMILES string of the molecule is CCc1cc2c(cc1Cl)C(=O)/C(=C\c1cc3c(nc(-c4c(C)cc(C)cc4C)n3C)o1)C2=O. The third-order valence-corrected chi connectivity index (χ3v) is 6.68. The minimum atomic E-state index is -0.334. The van der Waals surface area contributed by atoms with Crippen molar-refractivity contribution in [2.24, 2.45) is 7.05 Å². The van der Waals surface area contributed by atoms with Gasteiger partial charge in [-0.05, 0) is 62.1 Å². The molecule has 1 aliphatic rings. The molecule has 1 aliphatic carbocycles. The van der Waals surface area contributed by atoms with Gasteiger partial charge in [0.25, 0.3) is 0 Å². The monoisotopic (exact) mass is 458 g/mol. The molecule has 5 rings (SSSR count). The van der Waals surface area contributed by atoms with Crippen LogP contribution < -0.4 is 0 Å². The molecular formula is C27H23ClN2O3. The Hall–Kier alpha value is -3.44. The molecule has 4 aromatic rings. The topological polar surface area (TPSA) is 65.1 Å². The number of aryl methyl sites for hydroxylation is 5. The standard InChI is InChI=1S/C27H23ClN2O3/c1-6-16-9-18-19(12-21(16)28)25(32)20(24(18)31)10-17-11-22-27(33-17)29-26(30(22)5)23-14(3)7-13(2)8-15(23)4/h7-12H,6H2,1-5H3/b20-10-. The number of hydrogen-bond donors (Lipinski definition) is 0. The van der Waals surface area contributed by atoms with Crippen LogP contribution in [0.25, 0.3) is 28.7 Å². The van der Waals surface area contributed by atoms with Gasteiger partial charge in [-0.1, -0.05) is 36.2 Å². The van der Waals surface area contributed by atoms with E-state index in [9.17, 15) is 9.59 Å². The van der Waals surface area contributed by atoms with Crippen LogP contribution >= 0.6 is 11.6 Å². The summed E-state index contributed by atoms with van der Waals surface area (Å²) < 4.78 is 7.92. The molecule has 0 aliphatic heterocycles. The molecule has 6 heteroatoms. The minimum absolute atomic E-state index is 0.0822. The predicted octanol–water partition coefficient (Wildman–Crippen LogP) is 6.44. The van der Waals surface area contributed by atoms with Crippen molar-refractivity contribution in [3.05, 3.63) is 80.1 Å². The van der Waals surface area contributed by atoms with Gasteiger partial charge in [-0.2, -0.15) is 4.98 Å². The van der Waals surface area contributed by atoms with Crippen LogP contribution in [-0.4, -0.2) is 21.1 Å². The molecule has 166 valence electrons. The van der Waals surface area contributed by atoms with Gasteiger partial charge in [-0.25, -0.2) is 0 Å². The zero-order chi connectivity index (χ0) is 23.6. The number of hydrogen-bond acceptors (Lipinski definition) is 4. The maximum atomic E-state index is 13.0. The van der Waals surface area contributed by atoms with Gasteiger partial charge in [-0.3, -0.25) is 9.59 Å². The number of aromatic nitrogens is 2. The first-order valence-electron chi connectivity index (χ1n) is 10.9. The second-order valence-corrected chi connectivity index (χ2v) is 9.07. The van der Waals surface area contributed by atoms with E-state index in [0.29, 0.717) is 34.0 Å². The number of carbonyl (C=O) groups excluding carboxylic acids is 2. The van der Waals surface area contributed by atoms with Crippen molar-refractivity contribution in [3.63, 3.8) is 0 Å². The number of nitrogens with zero attached hydrogens (tertiary/aromatic N) is 2. The maximum absolute atomic E-state index is 13.0. The van der Waals surface area contributed by atoms with Gasteiger partial charge < -0.3 is 8.98 Å². The average Bonchev–Trinajstić information content (AvgIpc) is 3.35. The Bertz CT molecular complexity index is 1510. The van der Waals surface area contributed by atoms with Crippen LogP contribution in [0.5, 0.6) is 0 Å². The molecular weight excluding hydrogens is 436 g/mol. The number of rotatable bonds is 3. The van der Waals surface area contributed by atoms with Crippen molar-refractivity contribution in [1.29, 1.82) is 0 Å². The molecule has 0 amide bonds. The second-order valence-electron chi connectivity index (χ2n) is 8.67. The highest BCUT2D eigenvalue weighted by Gasteiger charge is 2.34. The molecule has 0 fully saturated rings. The van der Waals surface area contributed by atoms with E-state index >= 15 is 0 Å². The highest BCUT2D eigenvalue weighted by atomic mass is 35.5. The molecule has 0 saturated carbocycles. The lowest BCUT2D eigenvalue weighted by molar-refractivity contribution is 0.0990. The predicted molar refractivity (Wildman–Crippen MR) is 130 cm³/mol. The lowest BCUT2D eigenvalue weighted by atomic mass is 9.99. The van der Waals surface area contributed by atoms with Crippen LogP contribution in [0.3, 0.4) is 0 Å². The number of Topliss-reactive ketones (excluding diaryl/α,β-unsaturated/α-hetero) is 2. The van der Waals surface area contributed by atoms with E-state index in [-0.39, 0.29) is 17.1 Å². The Balaban J connectivity index is 1.56. The summed E-state index contributed by atoms with van der Waals surface area (Å²) >= 11 is 6.27. The molecule has 0 unspecified atom stereocenters. The fourth-order valence-electron chi connectivity index (χ4n) is 4.75. The smallest absolute Gasteiger partial charge is 0.245 e. The highest BCUT2D eigenvalue weighted by Crippen LogP contribution is 2.35. The number of benzene rings is 2. The summed E-state index contributed by atoms with van der Waals surface area (Å²) in [5, 5.41) is 0.501. The molecule has 2 heterocycles. The van der Waals surface area contributed by atoms with Crippen molar-refractivity contribution < 1.29 is 14.0 Å². The van der Waals surface area contributed by atoms with Gasteiger partial charge in [0.1, 0.15) is 17.1 Å². The zero-order valence-electron chi connectivity index (χ0n) is 19.2. The summed E-state index contributed by atoms with van der Waals surface area (Å²) in [7, 11) is 1.94. The van der Waals surface area contributed by atoms with Gasteiger partial charge in [0.05, 0.1) is 5.57 Å². The fourth-order valence-corrected chi connectivity index (χ4v) is 5.05. The first-order valence-corrected chi connectivity index (χ1v) is 11.2. The lowest BCUT2D eigenvalue weighted by Gasteiger charge is -2.11. The van der Waals surface area contributed by atoms with Gasteiger partial charge in [0.2, 0.25) is 5.71 Å². The molecule has 5 nitrogen and oxygen atoms in total. The number of carbonyl (C=O) groups is 2. The van der Waals surface area contributed by atoms with E-state index in [1.54, 1.807) is 12.1 Å². The largest absolute Gasteiger partial charge is 0.437 e. The summed E-state index contributed by atoms with van der Waals surface area (Å²) in [6, 6.07) is 9.40. The quantitative estimate of drug-likeness (QED) is 0.262. The van der Waals surface area contributed by atoms with E-state index < -0.39 is 0 Å². The van der Waals surface area contributed by atoms with Crippen molar-refractivity contribution in [2.45, 2.75) is 34.1 Å². The van der Waals surface area contributed by atoms with E-state index in [0.717, 1.165) is 33.6 Å². The molecule has 0 spiro atoms. The number of allylic oxidation sites excluding steroid dienone is 1. The van der Waals surface area contributed by atoms with Crippen molar-refractivity contribution in [3.8, 4) is 11.4 Å². The average molecular weight is 459 g/mol. The molecule has 0 radical (unpaired) electrons. The molecule has 2 aromatic carbocycles. The Morgan fingerprint density at radius 1 is 1.00 bits per heavy atom. The number of fused-ring (bicyclic) bond motifs is 2. The van der Waals surface area contributed by atoms with E-state index in [1.807, 2.05) is 24.6 Å². The van der Waals surface area contributed by atoms with Crippen LogP contribution in [-0.2, 0) is 13.5 Å². The number of ketones is 2. The Labute approximate surface area is 196 Å². The molecule has 0 atom stereocenters. The number of halogens is 1. The van der Waals surface area contributed by atoms with Gasteiger partial charge in [0.15, 0.2) is 11.6 Å². The van der Waals surface area contributed by atoms with Crippen LogP contribution in [0.15, 0.2) is 40.3 Å². The molecule has 0 N–H and O–H groups in total. The first kappa shape index (κ1) is 21.4. The second kappa shape index (κ2) is 7.56. The van der Waals surface area contributed by atoms with Gasteiger partial charge >= 0.3 is 0 Å². The fraction of sp³-hybridized carbons (Fsp3) is 0.222. The van der Waals surface area contributed by atoms with Crippen LogP contribution in [0, 0.1) is 20.8 Å². The van der Waals surface area contributed by atoms with Gasteiger partial charge in [-0.15, -0.1) is 0 Å². The number of furan rings is 1.